The van der Waals surface area contributed by atoms with E-state index in [2.05, 4.69) is 0 Å². The van der Waals surface area contributed by atoms with Crippen molar-refractivity contribution in [2.45, 2.75) is 11.7 Å². The predicted octanol–water partition coefficient (Wildman–Crippen LogP) is 2.80. The van der Waals surface area contributed by atoms with Crippen LogP contribution in [0.5, 0.6) is 0 Å². The molecule has 2 aromatic rings. The zero-order valence-corrected chi connectivity index (χ0v) is 12.2. The van der Waals surface area contributed by atoms with Crippen molar-refractivity contribution < 1.29 is 43.9 Å². The molecule has 22 heavy (non-hydrogen) atoms. The van der Waals surface area contributed by atoms with Crippen LogP contribution >= 0.6 is 11.3 Å². The number of halogens is 6. The lowest BCUT2D eigenvalue weighted by atomic mass is 10.2. The van der Waals surface area contributed by atoms with Gasteiger partial charge in [-0.2, -0.15) is 30.9 Å². The van der Waals surface area contributed by atoms with Crippen molar-refractivity contribution in [3.63, 3.8) is 0 Å². The number of benzene rings is 1. The Morgan fingerprint density at radius 3 is 2.05 bits per heavy atom. The number of rotatable bonds is 0. The number of hydrogen-bond acceptors (Lipinski definition) is 4. The second kappa shape index (κ2) is 6.01. The summed E-state index contributed by atoms with van der Waals surface area (Å²) in [6.07, 6.45) is -4.26. The van der Waals surface area contributed by atoms with Crippen LogP contribution in [0.15, 0.2) is 23.7 Å². The summed E-state index contributed by atoms with van der Waals surface area (Å²) in [4.78, 5) is 0. The first kappa shape index (κ1) is 18.6. The summed E-state index contributed by atoms with van der Waals surface area (Å²) in [6, 6.07) is 3.79. The minimum Gasteiger partial charge on any atom is -0.741 e. The summed E-state index contributed by atoms with van der Waals surface area (Å²) in [5.74, 6) is 0. The van der Waals surface area contributed by atoms with Crippen LogP contribution in [-0.4, -0.2) is 18.5 Å². The average Bonchev–Trinajstić information content (AvgIpc) is 2.68. The van der Waals surface area contributed by atoms with Gasteiger partial charge in [0, 0.05) is 6.07 Å². The minimum atomic E-state index is -6.09. The first-order chi connectivity index (χ1) is 9.73. The Morgan fingerprint density at radius 2 is 1.64 bits per heavy atom. The second-order valence-electron chi connectivity index (χ2n) is 3.91. The van der Waals surface area contributed by atoms with Crippen molar-refractivity contribution in [3.05, 3.63) is 29.3 Å². The van der Waals surface area contributed by atoms with Crippen molar-refractivity contribution in [3.8, 4) is 0 Å². The fourth-order valence-corrected chi connectivity index (χ4v) is 2.12. The van der Waals surface area contributed by atoms with E-state index in [-0.39, 0.29) is 0 Å². The molecule has 0 N–H and O–H groups in total. The van der Waals surface area contributed by atoms with Gasteiger partial charge in [0.15, 0.2) is 10.1 Å². The smallest absolute Gasteiger partial charge is 0.485 e. The summed E-state index contributed by atoms with van der Waals surface area (Å²) in [5.41, 5.74) is -3.85. The molecule has 1 aromatic heterocycles. The van der Waals surface area contributed by atoms with Crippen molar-refractivity contribution in [1.29, 1.82) is 0 Å². The third kappa shape index (κ3) is 4.55. The van der Waals surface area contributed by atoms with Crippen molar-refractivity contribution >= 4 is 31.7 Å². The summed E-state index contributed by atoms with van der Waals surface area (Å²) in [7, 11) is -4.36. The molecule has 0 fully saturated rings. The highest BCUT2D eigenvalue weighted by atomic mass is 32.2. The third-order valence-electron chi connectivity index (χ3n) is 2.29. The van der Waals surface area contributed by atoms with Gasteiger partial charge in [0.05, 0.1) is 5.56 Å². The summed E-state index contributed by atoms with van der Waals surface area (Å²) in [6.45, 7) is 0. The van der Waals surface area contributed by atoms with Crippen LogP contribution in [0, 0.1) is 0 Å². The van der Waals surface area contributed by atoms with E-state index in [0.717, 1.165) is 10.8 Å². The third-order valence-corrected chi connectivity index (χ3v) is 3.88. The summed E-state index contributed by atoms with van der Waals surface area (Å²) >= 11 is 1.43. The number of alkyl halides is 6. The quantitative estimate of drug-likeness (QED) is 0.311. The first-order valence-corrected chi connectivity index (χ1v) is 7.48. The maximum absolute atomic E-state index is 12.3. The van der Waals surface area contributed by atoms with Crippen LogP contribution in [0.2, 0.25) is 0 Å². The lowest BCUT2D eigenvalue weighted by Crippen LogP contribution is -2.24. The van der Waals surface area contributed by atoms with Crippen molar-refractivity contribution in [2.24, 2.45) is 7.05 Å². The maximum atomic E-state index is 12.3. The molecule has 2 rings (SSSR count). The molecule has 12 heteroatoms. The molecule has 1 aromatic carbocycles. The molecule has 0 aliphatic heterocycles. The van der Waals surface area contributed by atoms with E-state index >= 15 is 0 Å². The van der Waals surface area contributed by atoms with E-state index in [1.807, 2.05) is 0 Å². The second-order valence-corrected chi connectivity index (χ2v) is 6.17. The SMILES string of the molecule is C[n+]1csc2ccc(C(F)(F)F)cc21.O=S(=O)([O-])C(F)(F)F. The lowest BCUT2D eigenvalue weighted by molar-refractivity contribution is -0.640. The Hall–Kier alpha value is -1.40. The van der Waals surface area contributed by atoms with Gasteiger partial charge in [-0.05, 0) is 12.1 Å². The maximum Gasteiger partial charge on any atom is 0.485 e. The molecular formula is C10H7F6NO3S2. The van der Waals surface area contributed by atoms with Crippen LogP contribution in [0.4, 0.5) is 26.3 Å². The molecule has 0 saturated heterocycles. The monoisotopic (exact) mass is 367 g/mol. The molecule has 4 nitrogen and oxygen atoms in total. The molecule has 0 saturated carbocycles. The molecule has 0 aliphatic rings. The van der Waals surface area contributed by atoms with Gasteiger partial charge in [-0.25, -0.2) is 8.42 Å². The van der Waals surface area contributed by atoms with E-state index < -0.39 is 27.4 Å². The number of fused-ring (bicyclic) bond motifs is 1. The van der Waals surface area contributed by atoms with Crippen LogP contribution in [0.25, 0.3) is 10.2 Å². The summed E-state index contributed by atoms with van der Waals surface area (Å²) in [5, 5.41) is 0. The average molecular weight is 367 g/mol. The Labute approximate surface area is 124 Å². The molecule has 0 atom stereocenters. The van der Waals surface area contributed by atoms with E-state index in [4.69, 9.17) is 13.0 Å². The van der Waals surface area contributed by atoms with Gasteiger partial charge < -0.3 is 4.55 Å². The highest BCUT2D eigenvalue weighted by Crippen LogP contribution is 2.31. The molecule has 124 valence electrons. The van der Waals surface area contributed by atoms with Crippen LogP contribution < -0.4 is 4.57 Å². The van der Waals surface area contributed by atoms with Gasteiger partial charge >= 0.3 is 11.7 Å². The van der Waals surface area contributed by atoms with E-state index in [1.165, 1.54) is 23.5 Å². The van der Waals surface area contributed by atoms with Gasteiger partial charge in [0.2, 0.25) is 11.0 Å². The van der Waals surface area contributed by atoms with Gasteiger partial charge in [0.25, 0.3) is 0 Å². The number of thiazole rings is 1. The largest absolute Gasteiger partial charge is 0.741 e. The van der Waals surface area contributed by atoms with Gasteiger partial charge in [-0.15, -0.1) is 0 Å². The molecule has 0 amide bonds. The fraction of sp³-hybridized carbons (Fsp3) is 0.300. The van der Waals surface area contributed by atoms with Gasteiger partial charge in [-0.1, -0.05) is 11.3 Å². The number of hydrogen-bond donors (Lipinski definition) is 0. The van der Waals surface area contributed by atoms with Crippen molar-refractivity contribution in [2.75, 3.05) is 0 Å². The van der Waals surface area contributed by atoms with E-state index in [0.29, 0.717) is 5.52 Å². The van der Waals surface area contributed by atoms with Gasteiger partial charge in [-0.3, -0.25) is 0 Å². The lowest BCUT2D eigenvalue weighted by Gasteiger charge is -2.08. The number of aryl methyl sites for hydroxylation is 1. The van der Waals surface area contributed by atoms with Crippen LogP contribution in [0.1, 0.15) is 5.56 Å². The Kier molecular flexibility index (Phi) is 5.09. The molecule has 0 spiro atoms. The standard InChI is InChI=1S/C9H7F3NS.CHF3O3S/c1-13-5-14-8-3-2-6(4-7(8)13)9(10,11)12;2-1(3,4)8(5,6)7/h2-5H,1H3;(H,5,6,7)/q+1;/p-1. The summed E-state index contributed by atoms with van der Waals surface area (Å²) < 4.78 is 98.5. The molecule has 1 heterocycles. The number of nitrogens with zero attached hydrogens (tertiary/aromatic N) is 1. The zero-order valence-electron chi connectivity index (χ0n) is 10.6. The first-order valence-electron chi connectivity index (χ1n) is 5.19. The molecular weight excluding hydrogens is 360 g/mol. The van der Waals surface area contributed by atoms with E-state index in [1.54, 1.807) is 17.1 Å². The van der Waals surface area contributed by atoms with E-state index in [9.17, 15) is 26.3 Å². The minimum absolute atomic E-state index is 0.598. The van der Waals surface area contributed by atoms with Crippen LogP contribution in [-0.2, 0) is 23.3 Å². The van der Waals surface area contributed by atoms with Crippen LogP contribution in [0.3, 0.4) is 0 Å². The van der Waals surface area contributed by atoms with Gasteiger partial charge in [0.1, 0.15) is 11.7 Å². The fourth-order valence-electron chi connectivity index (χ4n) is 1.26. The molecule has 0 aliphatic carbocycles. The zero-order chi connectivity index (χ0) is 17.3. The topological polar surface area (TPSA) is 61.1 Å². The molecule has 0 bridgehead atoms. The normalized spacial score (nSPS) is 12.9. The highest BCUT2D eigenvalue weighted by Gasteiger charge is 2.37. The molecule has 0 radical (unpaired) electrons. The number of aromatic nitrogens is 1. The highest BCUT2D eigenvalue weighted by molar-refractivity contribution is 7.86. The Bertz CT molecular complexity index is 763. The Morgan fingerprint density at radius 1 is 1.14 bits per heavy atom. The Balaban J connectivity index is 0.000000261. The molecule has 0 unspecified atom stereocenters. The predicted molar refractivity (Wildman–Crippen MR) is 63.8 cm³/mol. The van der Waals surface area contributed by atoms with Crippen molar-refractivity contribution in [1.82, 2.24) is 0 Å².